The second kappa shape index (κ2) is 10.8. The van der Waals surface area contributed by atoms with Crippen LogP contribution in [0.2, 0.25) is 0 Å². The molecule has 2 heterocycles. The molecule has 35 heavy (non-hydrogen) atoms. The molecule has 2 aliphatic heterocycles. The summed E-state index contributed by atoms with van der Waals surface area (Å²) in [6.07, 6.45) is 2.89. The van der Waals surface area contributed by atoms with Crippen molar-refractivity contribution in [1.29, 1.82) is 0 Å². The average molecular weight is 485 g/mol. The van der Waals surface area contributed by atoms with Crippen molar-refractivity contribution >= 4 is 28.5 Å². The van der Waals surface area contributed by atoms with E-state index in [0.717, 1.165) is 52.5 Å². The van der Waals surface area contributed by atoms with Crippen molar-refractivity contribution in [3.63, 3.8) is 0 Å². The van der Waals surface area contributed by atoms with Crippen LogP contribution < -0.4 is 20.6 Å². The van der Waals surface area contributed by atoms with Gasteiger partial charge in [-0.25, -0.2) is 5.01 Å². The van der Waals surface area contributed by atoms with E-state index >= 15 is 0 Å². The lowest BCUT2D eigenvalue weighted by Gasteiger charge is -2.34. The Balaban J connectivity index is 1.52. The Labute approximate surface area is 209 Å². The maximum absolute atomic E-state index is 13.3. The van der Waals surface area contributed by atoms with Gasteiger partial charge in [-0.3, -0.25) is 15.1 Å². The van der Waals surface area contributed by atoms with Gasteiger partial charge in [0.2, 0.25) is 0 Å². The fraction of sp³-hybridized carbons (Fsp3) is 0.250. The lowest BCUT2D eigenvalue weighted by atomic mass is 10.1. The first-order valence-corrected chi connectivity index (χ1v) is 13.0. The summed E-state index contributed by atoms with van der Waals surface area (Å²) in [6, 6.07) is 25.6. The molecule has 6 nitrogen and oxygen atoms in total. The van der Waals surface area contributed by atoms with E-state index < -0.39 is 6.17 Å². The molecule has 2 aliphatic rings. The Morgan fingerprint density at radius 2 is 1.74 bits per heavy atom. The molecule has 1 amide bonds. The van der Waals surface area contributed by atoms with Gasteiger partial charge >= 0.3 is 0 Å². The van der Waals surface area contributed by atoms with Crippen LogP contribution in [0.4, 0.5) is 0 Å². The average Bonchev–Trinajstić information content (AvgIpc) is 2.90. The van der Waals surface area contributed by atoms with Crippen LogP contribution >= 0.6 is 11.8 Å². The molecule has 1 N–H and O–H groups in total. The van der Waals surface area contributed by atoms with E-state index in [2.05, 4.69) is 12.2 Å². The maximum Gasteiger partial charge on any atom is 0.276 e. The molecule has 0 radical (unpaired) electrons. The molecule has 0 bridgehead atoms. The molecule has 3 aromatic carbocycles. The number of para-hydroxylation sites is 2. The van der Waals surface area contributed by atoms with E-state index in [-0.39, 0.29) is 5.91 Å². The second-order valence-corrected chi connectivity index (χ2v) is 9.52. The lowest BCUT2D eigenvalue weighted by Crippen LogP contribution is -2.50. The summed E-state index contributed by atoms with van der Waals surface area (Å²) in [5, 5.41) is 11.8. The number of ether oxygens (including phenoxy) is 1. The van der Waals surface area contributed by atoms with Gasteiger partial charge in [0.1, 0.15) is 18.1 Å². The minimum Gasteiger partial charge on any atom is -0.488 e. The molecule has 1 unspecified atom stereocenters. The minimum atomic E-state index is -0.510. The number of nitrogens with one attached hydrogen (secondary N) is 1. The fourth-order valence-electron chi connectivity index (χ4n) is 4.18. The quantitative estimate of drug-likeness (QED) is 0.484. The number of hydrazone groups is 1. The van der Waals surface area contributed by atoms with Crippen LogP contribution in [-0.4, -0.2) is 21.8 Å². The van der Waals surface area contributed by atoms with Gasteiger partial charge in [-0.05, 0) is 24.1 Å². The van der Waals surface area contributed by atoms with E-state index in [0.29, 0.717) is 17.5 Å². The highest BCUT2D eigenvalue weighted by Crippen LogP contribution is 2.35. The third-order valence-electron chi connectivity index (χ3n) is 5.94. The van der Waals surface area contributed by atoms with Gasteiger partial charge in [0.15, 0.2) is 11.3 Å². The smallest absolute Gasteiger partial charge is 0.276 e. The lowest BCUT2D eigenvalue weighted by molar-refractivity contribution is -0.116. The van der Waals surface area contributed by atoms with Crippen LogP contribution in [0, 0.1) is 0 Å². The molecular weight excluding hydrogens is 456 g/mol. The molecule has 7 heteroatoms. The number of unbranched alkanes of at least 4 members (excludes halogenated alkanes) is 2. The summed E-state index contributed by atoms with van der Waals surface area (Å²) < 4.78 is 6.24. The molecule has 0 fully saturated rings. The molecule has 0 aliphatic carbocycles. The summed E-state index contributed by atoms with van der Waals surface area (Å²) in [5.41, 5.74) is 2.46. The summed E-state index contributed by atoms with van der Waals surface area (Å²) in [4.78, 5) is 18.3. The molecular formula is C28H28N4O2S. The molecule has 5 rings (SSSR count). The van der Waals surface area contributed by atoms with Gasteiger partial charge < -0.3 is 4.74 Å². The zero-order chi connectivity index (χ0) is 24.0. The molecule has 178 valence electrons. The van der Waals surface area contributed by atoms with Crippen LogP contribution in [0.1, 0.15) is 43.5 Å². The van der Waals surface area contributed by atoms with Crippen molar-refractivity contribution in [2.45, 2.75) is 39.0 Å². The molecule has 0 saturated carbocycles. The van der Waals surface area contributed by atoms with Crippen LogP contribution in [-0.2, 0) is 11.4 Å². The Morgan fingerprint density at radius 3 is 2.60 bits per heavy atom. The Kier molecular flexibility index (Phi) is 7.14. The number of hydrogen-bond acceptors (Lipinski definition) is 6. The molecule has 0 saturated heterocycles. The van der Waals surface area contributed by atoms with Crippen molar-refractivity contribution in [2.75, 3.05) is 5.75 Å². The van der Waals surface area contributed by atoms with Crippen LogP contribution in [0.3, 0.4) is 0 Å². The van der Waals surface area contributed by atoms with Crippen molar-refractivity contribution in [2.24, 2.45) is 10.1 Å². The highest BCUT2D eigenvalue weighted by molar-refractivity contribution is 8.13. The van der Waals surface area contributed by atoms with Crippen molar-refractivity contribution in [3.05, 3.63) is 101 Å². The predicted molar refractivity (Wildman–Crippen MR) is 140 cm³/mol. The van der Waals surface area contributed by atoms with Crippen molar-refractivity contribution in [1.82, 2.24) is 10.3 Å². The maximum atomic E-state index is 13.3. The monoisotopic (exact) mass is 484 g/mol. The number of thioether (sulfide) groups is 1. The summed E-state index contributed by atoms with van der Waals surface area (Å²) in [5.74, 6) is 1.47. The van der Waals surface area contributed by atoms with Gasteiger partial charge in [0.05, 0.1) is 5.36 Å². The van der Waals surface area contributed by atoms with Gasteiger partial charge in [-0.15, -0.1) is 5.10 Å². The standard InChI is InChI=1S/C28H28N4O2S/c1-2-3-11-18-35-28-30-27(33)25-21-14-7-9-16-23(21)29-26(32(25)31-28)22-15-8-10-17-24(22)34-19-20-12-5-4-6-13-20/h4-10,12-17,26H,2-3,11,18-19H2,1H3,(H,30,31,33). The number of nitrogens with zero attached hydrogens (tertiary/aromatic N) is 3. The number of rotatable bonds is 8. The fourth-order valence-corrected chi connectivity index (χ4v) is 5.03. The zero-order valence-corrected chi connectivity index (χ0v) is 20.5. The third-order valence-corrected chi connectivity index (χ3v) is 6.89. The number of amidine groups is 1. The number of amides is 1. The molecule has 0 aromatic heterocycles. The highest BCUT2D eigenvalue weighted by atomic mass is 32.2. The molecule has 0 spiro atoms. The van der Waals surface area contributed by atoms with Crippen LogP contribution in [0.25, 0.3) is 5.70 Å². The first-order valence-electron chi connectivity index (χ1n) is 12.0. The predicted octanol–water partition coefficient (Wildman–Crippen LogP) is 4.33. The SMILES string of the molecule is CCCCCSC1=NN2C(=c3ccccc3=NC2c2ccccc2OCc2ccccc2)C(=O)N1. The third kappa shape index (κ3) is 5.10. The Bertz CT molecular complexity index is 1360. The summed E-state index contributed by atoms with van der Waals surface area (Å²) in [7, 11) is 0. The normalized spacial score (nSPS) is 16.5. The summed E-state index contributed by atoms with van der Waals surface area (Å²) >= 11 is 1.58. The molecule has 1 atom stereocenters. The Hall–Kier alpha value is -3.58. The number of carbonyl (C=O) groups is 1. The van der Waals surface area contributed by atoms with Crippen LogP contribution in [0.5, 0.6) is 5.75 Å². The molecule has 3 aromatic rings. The number of benzene rings is 3. The Morgan fingerprint density at radius 1 is 0.971 bits per heavy atom. The van der Waals surface area contributed by atoms with Gasteiger partial charge in [0, 0.05) is 16.5 Å². The van der Waals surface area contributed by atoms with Crippen molar-refractivity contribution in [3.8, 4) is 5.75 Å². The first-order chi connectivity index (χ1) is 17.2. The highest BCUT2D eigenvalue weighted by Gasteiger charge is 2.35. The largest absolute Gasteiger partial charge is 0.488 e. The second-order valence-electron chi connectivity index (χ2n) is 8.44. The van der Waals surface area contributed by atoms with Gasteiger partial charge in [0.25, 0.3) is 5.91 Å². The number of carbonyl (C=O) groups excluding carboxylic acids is 1. The van der Waals surface area contributed by atoms with Crippen molar-refractivity contribution < 1.29 is 9.53 Å². The van der Waals surface area contributed by atoms with Crippen LogP contribution in [0.15, 0.2) is 89.0 Å². The van der Waals surface area contributed by atoms with E-state index in [1.165, 1.54) is 0 Å². The zero-order valence-electron chi connectivity index (χ0n) is 19.7. The van der Waals surface area contributed by atoms with E-state index in [1.807, 2.05) is 78.9 Å². The topological polar surface area (TPSA) is 66.3 Å². The van der Waals surface area contributed by atoms with E-state index in [9.17, 15) is 4.79 Å². The van der Waals surface area contributed by atoms with Gasteiger partial charge in [-0.2, -0.15) is 0 Å². The summed E-state index contributed by atoms with van der Waals surface area (Å²) in [6.45, 7) is 2.63. The number of hydrogen-bond donors (Lipinski definition) is 1. The van der Waals surface area contributed by atoms with Gasteiger partial charge in [-0.1, -0.05) is 98.3 Å². The number of fused-ring (bicyclic) bond motifs is 2. The van der Waals surface area contributed by atoms with E-state index in [1.54, 1.807) is 16.8 Å². The first kappa shape index (κ1) is 23.2. The van der Waals surface area contributed by atoms with E-state index in [4.69, 9.17) is 14.8 Å². The minimum absolute atomic E-state index is 0.159.